The van der Waals surface area contributed by atoms with E-state index in [9.17, 15) is 8.42 Å². The van der Waals surface area contributed by atoms with E-state index in [0.29, 0.717) is 6.61 Å². The van der Waals surface area contributed by atoms with Gasteiger partial charge in [0.25, 0.3) is 10.0 Å². The molecule has 1 heterocycles. The Hall–Kier alpha value is -1.14. The molecule has 0 saturated heterocycles. The molecule has 108 valence electrons. The topological polar surface area (TPSA) is 55.7 Å². The van der Waals surface area contributed by atoms with Gasteiger partial charge in [-0.3, -0.25) is 0 Å². The molecule has 20 heavy (non-hydrogen) atoms. The van der Waals surface area contributed by atoms with Gasteiger partial charge in [0.2, 0.25) is 0 Å². The summed E-state index contributed by atoms with van der Waals surface area (Å²) >= 11 is 3.42. The van der Waals surface area contributed by atoms with Crippen molar-refractivity contribution >= 4 is 38.2 Å². The van der Waals surface area contributed by atoms with Crippen molar-refractivity contribution in [3.8, 4) is 0 Å². The van der Waals surface area contributed by atoms with Crippen molar-refractivity contribution in [3.63, 3.8) is 0 Å². The maximum atomic E-state index is 12.0. The standard InChI is InChI=1S/C14H16BrNO3S/c1-14(2,3)20(17,18)16-8-11-7-12(15)6-10-4-5-19-9-13(10)11/h4-8H,9H2,1-3H3. The Bertz CT molecular complexity index is 685. The molecule has 6 heteroatoms. The zero-order valence-electron chi connectivity index (χ0n) is 11.6. The Labute approximate surface area is 127 Å². The molecule has 0 fully saturated rings. The molecule has 1 aromatic rings. The van der Waals surface area contributed by atoms with Crippen LogP contribution >= 0.6 is 15.9 Å². The van der Waals surface area contributed by atoms with Crippen LogP contribution in [0.2, 0.25) is 0 Å². The molecular formula is C14H16BrNO3S. The summed E-state index contributed by atoms with van der Waals surface area (Å²) < 4.78 is 33.1. The van der Waals surface area contributed by atoms with E-state index in [1.54, 1.807) is 27.0 Å². The summed E-state index contributed by atoms with van der Waals surface area (Å²) in [6.45, 7) is 5.29. The number of hydrogen-bond acceptors (Lipinski definition) is 3. The Morgan fingerprint density at radius 3 is 2.70 bits per heavy atom. The summed E-state index contributed by atoms with van der Waals surface area (Å²) in [5, 5.41) is 0. The zero-order valence-corrected chi connectivity index (χ0v) is 14.0. The van der Waals surface area contributed by atoms with Crippen molar-refractivity contribution in [3.05, 3.63) is 39.6 Å². The maximum absolute atomic E-state index is 12.0. The van der Waals surface area contributed by atoms with Crippen LogP contribution in [0.3, 0.4) is 0 Å². The van der Waals surface area contributed by atoms with Crippen molar-refractivity contribution in [1.29, 1.82) is 0 Å². The largest absolute Gasteiger partial charge is 0.496 e. The Balaban J connectivity index is 2.45. The first kappa shape index (κ1) is 15.3. The van der Waals surface area contributed by atoms with Crippen LogP contribution in [0.5, 0.6) is 0 Å². The van der Waals surface area contributed by atoms with Crippen LogP contribution in [0, 0.1) is 0 Å². The van der Waals surface area contributed by atoms with Gasteiger partial charge in [0.1, 0.15) is 6.61 Å². The minimum absolute atomic E-state index is 0.413. The third-order valence-electron chi connectivity index (χ3n) is 2.96. The molecule has 0 N–H and O–H groups in total. The molecule has 0 spiro atoms. The summed E-state index contributed by atoms with van der Waals surface area (Å²) in [4.78, 5) is 0. The average molecular weight is 358 g/mol. The highest BCUT2D eigenvalue weighted by molar-refractivity contribution is 9.10. The minimum Gasteiger partial charge on any atom is -0.496 e. The van der Waals surface area contributed by atoms with Gasteiger partial charge in [0.05, 0.1) is 11.0 Å². The number of sulfonamides is 1. The molecule has 0 aromatic heterocycles. The minimum atomic E-state index is -3.54. The SMILES string of the molecule is CC(C)(C)S(=O)(=O)N=Cc1cc(Br)cc2c1COC=C2. The summed E-state index contributed by atoms with van der Waals surface area (Å²) in [6.07, 6.45) is 4.87. The van der Waals surface area contributed by atoms with Gasteiger partial charge in [0, 0.05) is 21.8 Å². The smallest absolute Gasteiger partial charge is 0.258 e. The van der Waals surface area contributed by atoms with Gasteiger partial charge >= 0.3 is 0 Å². The molecule has 1 aliphatic rings. The van der Waals surface area contributed by atoms with Crippen LogP contribution in [-0.4, -0.2) is 19.4 Å². The normalized spacial score (nSPS) is 15.2. The quantitative estimate of drug-likeness (QED) is 0.761. The van der Waals surface area contributed by atoms with Crippen LogP contribution in [0.1, 0.15) is 37.5 Å². The molecular weight excluding hydrogens is 342 g/mol. The van der Waals surface area contributed by atoms with Gasteiger partial charge in [-0.05, 0) is 44.5 Å². The van der Waals surface area contributed by atoms with Gasteiger partial charge < -0.3 is 4.74 Å². The molecule has 0 saturated carbocycles. The second kappa shape index (κ2) is 5.33. The molecule has 0 radical (unpaired) electrons. The fraction of sp³-hybridized carbons (Fsp3) is 0.357. The van der Waals surface area contributed by atoms with Crippen LogP contribution in [-0.2, 0) is 21.4 Å². The van der Waals surface area contributed by atoms with Crippen molar-refractivity contribution in [2.45, 2.75) is 32.1 Å². The third kappa shape index (κ3) is 3.12. The highest BCUT2D eigenvalue weighted by atomic mass is 79.9. The second-order valence-electron chi connectivity index (χ2n) is 5.50. The van der Waals surface area contributed by atoms with Gasteiger partial charge in [-0.2, -0.15) is 4.40 Å². The molecule has 0 unspecified atom stereocenters. The van der Waals surface area contributed by atoms with Crippen LogP contribution in [0.4, 0.5) is 0 Å². The summed E-state index contributed by atoms with van der Waals surface area (Å²) in [6, 6.07) is 3.80. The number of benzene rings is 1. The average Bonchev–Trinajstić information content (AvgIpc) is 2.34. The predicted octanol–water partition coefficient (Wildman–Crippen LogP) is 3.50. The molecule has 0 amide bonds. The first-order chi connectivity index (χ1) is 9.21. The van der Waals surface area contributed by atoms with Crippen LogP contribution in [0.15, 0.2) is 27.3 Å². The fourth-order valence-corrected chi connectivity index (χ4v) is 2.71. The van der Waals surface area contributed by atoms with E-state index in [1.807, 2.05) is 18.2 Å². The zero-order chi connectivity index (χ0) is 15.0. The van der Waals surface area contributed by atoms with Crippen molar-refractivity contribution in [1.82, 2.24) is 0 Å². The van der Waals surface area contributed by atoms with Crippen LogP contribution < -0.4 is 0 Å². The van der Waals surface area contributed by atoms with E-state index in [-0.39, 0.29) is 0 Å². The Morgan fingerprint density at radius 2 is 2.05 bits per heavy atom. The molecule has 2 rings (SSSR count). The first-order valence-corrected chi connectivity index (χ1v) is 8.34. The number of rotatable bonds is 2. The Morgan fingerprint density at radius 1 is 1.35 bits per heavy atom. The van der Waals surface area contributed by atoms with Crippen molar-refractivity contribution in [2.24, 2.45) is 4.40 Å². The third-order valence-corrected chi connectivity index (χ3v) is 5.35. The molecule has 4 nitrogen and oxygen atoms in total. The van der Waals surface area contributed by atoms with E-state index >= 15 is 0 Å². The van der Waals surface area contributed by atoms with Gasteiger partial charge in [-0.1, -0.05) is 15.9 Å². The van der Waals surface area contributed by atoms with Crippen LogP contribution in [0.25, 0.3) is 6.08 Å². The van der Waals surface area contributed by atoms with E-state index in [4.69, 9.17) is 4.74 Å². The van der Waals surface area contributed by atoms with Gasteiger partial charge in [0.15, 0.2) is 0 Å². The lowest BCUT2D eigenvalue weighted by Crippen LogP contribution is -2.25. The van der Waals surface area contributed by atoms with E-state index < -0.39 is 14.8 Å². The lowest BCUT2D eigenvalue weighted by atomic mass is 10.0. The molecule has 1 aromatic carbocycles. The number of fused-ring (bicyclic) bond motifs is 1. The van der Waals surface area contributed by atoms with Gasteiger partial charge in [-0.25, -0.2) is 8.42 Å². The lowest BCUT2D eigenvalue weighted by Gasteiger charge is -2.16. The number of hydrogen-bond donors (Lipinski definition) is 0. The lowest BCUT2D eigenvalue weighted by molar-refractivity contribution is 0.234. The van der Waals surface area contributed by atoms with Gasteiger partial charge in [-0.15, -0.1) is 0 Å². The van der Waals surface area contributed by atoms with Crippen molar-refractivity contribution in [2.75, 3.05) is 0 Å². The predicted molar refractivity (Wildman–Crippen MR) is 84.2 cm³/mol. The number of halogens is 1. The molecule has 0 aliphatic carbocycles. The summed E-state index contributed by atoms with van der Waals surface area (Å²) in [5.74, 6) is 0. The molecule has 0 bridgehead atoms. The fourth-order valence-electron chi connectivity index (χ4n) is 1.65. The summed E-state index contributed by atoms with van der Waals surface area (Å²) in [5.41, 5.74) is 2.68. The monoisotopic (exact) mass is 357 g/mol. The van der Waals surface area contributed by atoms with Crippen molar-refractivity contribution < 1.29 is 13.2 Å². The molecule has 0 atom stereocenters. The Kier molecular flexibility index (Phi) is 4.07. The molecule has 1 aliphatic heterocycles. The van der Waals surface area contributed by atoms with E-state index in [0.717, 1.165) is 21.2 Å². The number of ether oxygens (including phenoxy) is 1. The second-order valence-corrected chi connectivity index (χ2v) is 8.80. The highest BCUT2D eigenvalue weighted by Crippen LogP contribution is 2.26. The first-order valence-electron chi connectivity index (χ1n) is 6.11. The summed E-state index contributed by atoms with van der Waals surface area (Å²) in [7, 11) is -3.54. The highest BCUT2D eigenvalue weighted by Gasteiger charge is 2.27. The van der Waals surface area contributed by atoms with E-state index in [2.05, 4.69) is 20.3 Å². The van der Waals surface area contributed by atoms with E-state index in [1.165, 1.54) is 6.21 Å². The number of nitrogens with zero attached hydrogens (tertiary/aromatic N) is 1. The maximum Gasteiger partial charge on any atom is 0.258 e.